The van der Waals surface area contributed by atoms with Crippen molar-refractivity contribution in [3.05, 3.63) is 54.1 Å². The minimum atomic E-state index is 0.275. The molecule has 2 N–H and O–H groups in total. The van der Waals surface area contributed by atoms with Crippen molar-refractivity contribution >= 4 is 0 Å². The van der Waals surface area contributed by atoms with E-state index < -0.39 is 0 Å². The van der Waals surface area contributed by atoms with E-state index in [9.17, 15) is 0 Å². The molecule has 0 aliphatic heterocycles. The molecule has 2 nitrogen and oxygen atoms in total. The van der Waals surface area contributed by atoms with Crippen LogP contribution in [0, 0.1) is 0 Å². The summed E-state index contributed by atoms with van der Waals surface area (Å²) in [4.78, 5) is 0. The molecule has 21 heavy (non-hydrogen) atoms. The first-order chi connectivity index (χ1) is 10.2. The lowest BCUT2D eigenvalue weighted by atomic mass is 9.99. The van der Waals surface area contributed by atoms with Gasteiger partial charge in [-0.2, -0.15) is 0 Å². The second-order valence-electron chi connectivity index (χ2n) is 5.53. The lowest BCUT2D eigenvalue weighted by Gasteiger charge is -2.11. The minimum absolute atomic E-state index is 0.275. The first-order valence-corrected chi connectivity index (χ1v) is 7.72. The van der Waals surface area contributed by atoms with E-state index in [1.165, 1.54) is 29.5 Å². The first-order valence-electron chi connectivity index (χ1n) is 7.72. The smallest absolute Gasteiger partial charge is 0.118 e. The monoisotopic (exact) mass is 283 g/mol. The molecule has 0 spiro atoms. The summed E-state index contributed by atoms with van der Waals surface area (Å²) < 4.78 is 5.19. The Morgan fingerprint density at radius 3 is 2.05 bits per heavy atom. The highest BCUT2D eigenvalue weighted by Gasteiger charge is 2.04. The van der Waals surface area contributed by atoms with Gasteiger partial charge in [-0.3, -0.25) is 0 Å². The van der Waals surface area contributed by atoms with E-state index >= 15 is 0 Å². The normalized spacial score (nSPS) is 12.1. The number of methoxy groups -OCH3 is 1. The van der Waals surface area contributed by atoms with Gasteiger partial charge in [-0.15, -0.1) is 0 Å². The molecule has 112 valence electrons. The van der Waals surface area contributed by atoms with Gasteiger partial charge in [0, 0.05) is 6.04 Å². The van der Waals surface area contributed by atoms with Crippen molar-refractivity contribution in [2.45, 2.75) is 38.6 Å². The molecule has 0 fully saturated rings. The molecular weight excluding hydrogens is 258 g/mol. The summed E-state index contributed by atoms with van der Waals surface area (Å²) in [7, 11) is 1.69. The third-order valence-electron chi connectivity index (χ3n) is 3.80. The van der Waals surface area contributed by atoms with Gasteiger partial charge in [-0.05, 0) is 41.7 Å². The molecule has 0 radical (unpaired) electrons. The highest BCUT2D eigenvalue weighted by Crippen LogP contribution is 2.23. The summed E-state index contributed by atoms with van der Waals surface area (Å²) in [6.45, 7) is 2.20. The maximum Gasteiger partial charge on any atom is 0.118 e. The molecule has 0 saturated heterocycles. The molecule has 0 aliphatic rings. The maximum absolute atomic E-state index is 6.16. The maximum atomic E-state index is 6.16. The number of nitrogens with two attached hydrogens (primary N) is 1. The molecule has 2 aromatic carbocycles. The number of benzene rings is 2. The zero-order chi connectivity index (χ0) is 15.1. The molecule has 2 aromatic rings. The summed E-state index contributed by atoms with van der Waals surface area (Å²) in [6.07, 6.45) is 4.49. The van der Waals surface area contributed by atoms with Gasteiger partial charge in [0.1, 0.15) is 5.75 Å². The molecular formula is C19H25NO. The van der Waals surface area contributed by atoms with Crippen molar-refractivity contribution in [3.8, 4) is 16.9 Å². The topological polar surface area (TPSA) is 35.2 Å². The Labute approximate surface area is 127 Å². The molecule has 2 heteroatoms. The second-order valence-corrected chi connectivity index (χ2v) is 5.53. The molecule has 0 saturated carbocycles. The minimum Gasteiger partial charge on any atom is -0.497 e. The van der Waals surface area contributed by atoms with Crippen LogP contribution in [0.5, 0.6) is 5.75 Å². The van der Waals surface area contributed by atoms with Gasteiger partial charge >= 0.3 is 0 Å². The molecule has 0 aliphatic carbocycles. The number of rotatable bonds is 7. The van der Waals surface area contributed by atoms with Crippen LogP contribution in [0.2, 0.25) is 0 Å². The van der Waals surface area contributed by atoms with Gasteiger partial charge in [0.15, 0.2) is 0 Å². The van der Waals surface area contributed by atoms with E-state index in [-0.39, 0.29) is 6.04 Å². The fourth-order valence-corrected chi connectivity index (χ4v) is 2.49. The van der Waals surface area contributed by atoms with Crippen LogP contribution < -0.4 is 10.5 Å². The van der Waals surface area contributed by atoms with Crippen molar-refractivity contribution in [1.82, 2.24) is 0 Å². The van der Waals surface area contributed by atoms with Crippen molar-refractivity contribution in [1.29, 1.82) is 0 Å². The zero-order valence-electron chi connectivity index (χ0n) is 13.0. The molecule has 0 bridgehead atoms. The Hall–Kier alpha value is -1.80. The predicted molar refractivity (Wildman–Crippen MR) is 89.6 cm³/mol. The summed E-state index contributed by atoms with van der Waals surface area (Å²) >= 11 is 0. The zero-order valence-corrected chi connectivity index (χ0v) is 13.0. The Kier molecular flexibility index (Phi) is 5.82. The van der Waals surface area contributed by atoms with Crippen LogP contribution in [0.1, 0.15) is 31.7 Å². The van der Waals surface area contributed by atoms with Crippen LogP contribution in [-0.2, 0) is 6.42 Å². The van der Waals surface area contributed by atoms with Crippen molar-refractivity contribution in [2.75, 3.05) is 7.11 Å². The van der Waals surface area contributed by atoms with Crippen LogP contribution >= 0.6 is 0 Å². The molecule has 1 unspecified atom stereocenters. The van der Waals surface area contributed by atoms with Crippen molar-refractivity contribution < 1.29 is 4.74 Å². The Balaban J connectivity index is 2.00. The van der Waals surface area contributed by atoms with E-state index in [4.69, 9.17) is 10.5 Å². The van der Waals surface area contributed by atoms with Crippen LogP contribution in [0.4, 0.5) is 0 Å². The average molecular weight is 283 g/mol. The van der Waals surface area contributed by atoms with E-state index in [0.29, 0.717) is 0 Å². The standard InChI is InChI=1S/C19H25NO/c1-3-4-5-18(20)14-15-6-8-16(9-7-15)17-10-12-19(21-2)13-11-17/h6-13,18H,3-5,14,20H2,1-2H3. The van der Waals surface area contributed by atoms with Crippen LogP contribution in [-0.4, -0.2) is 13.2 Å². The van der Waals surface area contributed by atoms with E-state index in [0.717, 1.165) is 18.6 Å². The lowest BCUT2D eigenvalue weighted by molar-refractivity contribution is 0.415. The van der Waals surface area contributed by atoms with Gasteiger partial charge in [0.2, 0.25) is 0 Å². The van der Waals surface area contributed by atoms with Crippen molar-refractivity contribution in [2.24, 2.45) is 5.73 Å². The third kappa shape index (κ3) is 4.61. The van der Waals surface area contributed by atoms with Gasteiger partial charge in [-0.1, -0.05) is 56.2 Å². The summed E-state index contributed by atoms with van der Waals surface area (Å²) in [5.41, 5.74) is 9.91. The van der Waals surface area contributed by atoms with E-state index in [2.05, 4.69) is 43.3 Å². The Morgan fingerprint density at radius 2 is 1.52 bits per heavy atom. The van der Waals surface area contributed by atoms with Crippen LogP contribution in [0.25, 0.3) is 11.1 Å². The van der Waals surface area contributed by atoms with Gasteiger partial charge < -0.3 is 10.5 Å². The largest absolute Gasteiger partial charge is 0.497 e. The molecule has 2 rings (SSSR count). The lowest BCUT2D eigenvalue weighted by Crippen LogP contribution is -2.22. The molecule has 1 atom stereocenters. The SMILES string of the molecule is CCCCC(N)Cc1ccc(-c2ccc(OC)cc2)cc1. The summed E-state index contributed by atoms with van der Waals surface area (Å²) in [5.74, 6) is 0.886. The fourth-order valence-electron chi connectivity index (χ4n) is 2.49. The molecule has 0 aromatic heterocycles. The van der Waals surface area contributed by atoms with E-state index in [1.807, 2.05) is 12.1 Å². The first kappa shape index (κ1) is 15.6. The highest BCUT2D eigenvalue weighted by molar-refractivity contribution is 5.64. The van der Waals surface area contributed by atoms with Crippen LogP contribution in [0.3, 0.4) is 0 Å². The summed E-state index contributed by atoms with van der Waals surface area (Å²) in [6, 6.07) is 17.1. The Morgan fingerprint density at radius 1 is 0.952 bits per heavy atom. The Bertz CT molecular complexity index is 530. The van der Waals surface area contributed by atoms with Crippen molar-refractivity contribution in [3.63, 3.8) is 0 Å². The number of hydrogen-bond acceptors (Lipinski definition) is 2. The number of hydrogen-bond donors (Lipinski definition) is 1. The van der Waals surface area contributed by atoms with Gasteiger partial charge in [0.05, 0.1) is 7.11 Å². The van der Waals surface area contributed by atoms with Gasteiger partial charge in [-0.25, -0.2) is 0 Å². The van der Waals surface area contributed by atoms with Crippen LogP contribution in [0.15, 0.2) is 48.5 Å². The summed E-state index contributed by atoms with van der Waals surface area (Å²) in [5, 5.41) is 0. The quantitative estimate of drug-likeness (QED) is 0.816. The number of unbranched alkanes of at least 4 members (excludes halogenated alkanes) is 1. The van der Waals surface area contributed by atoms with E-state index in [1.54, 1.807) is 7.11 Å². The number of ether oxygens (including phenoxy) is 1. The molecule has 0 heterocycles. The predicted octanol–water partition coefficient (Wildman–Crippen LogP) is 4.42. The average Bonchev–Trinajstić information content (AvgIpc) is 2.54. The van der Waals surface area contributed by atoms with Gasteiger partial charge in [0.25, 0.3) is 0 Å². The fraction of sp³-hybridized carbons (Fsp3) is 0.368. The third-order valence-corrected chi connectivity index (χ3v) is 3.80. The second kappa shape index (κ2) is 7.84. The molecule has 0 amide bonds. The highest BCUT2D eigenvalue weighted by atomic mass is 16.5.